The van der Waals surface area contributed by atoms with E-state index >= 15 is 0 Å². The van der Waals surface area contributed by atoms with E-state index in [1.54, 1.807) is 6.07 Å². The Kier molecular flexibility index (Phi) is 5.22. The standard InChI is InChI=1S/C10H13BClNO2/c1-8-2-3-9(12)6-10(8)15-5-4-13-11-7-14/h2-3,6-7,11,13H,4-5H2,1H3. The molecule has 0 atom stereocenters. The lowest BCUT2D eigenvalue weighted by atomic mass is 9.99. The summed E-state index contributed by atoms with van der Waals surface area (Å²) in [7, 11) is 0.359. The highest BCUT2D eigenvalue weighted by molar-refractivity contribution is 6.64. The molecule has 0 saturated carbocycles. The van der Waals surface area contributed by atoms with Gasteiger partial charge in [0.2, 0.25) is 0 Å². The molecular formula is C10H13BClNO2. The number of benzene rings is 1. The topological polar surface area (TPSA) is 38.3 Å². The minimum atomic E-state index is 0.359. The molecule has 1 rings (SSSR count). The van der Waals surface area contributed by atoms with Crippen LogP contribution in [-0.2, 0) is 4.79 Å². The fourth-order valence-corrected chi connectivity index (χ4v) is 1.29. The van der Waals surface area contributed by atoms with Gasteiger partial charge in [-0.25, -0.2) is 0 Å². The molecule has 5 heteroatoms. The highest BCUT2D eigenvalue weighted by atomic mass is 35.5. The summed E-state index contributed by atoms with van der Waals surface area (Å²) in [6.45, 7) is 3.13. The molecule has 1 aromatic carbocycles. The average Bonchev–Trinajstić information content (AvgIpc) is 2.23. The van der Waals surface area contributed by atoms with E-state index in [1.165, 1.54) is 0 Å². The van der Waals surface area contributed by atoms with E-state index in [4.69, 9.17) is 16.3 Å². The Morgan fingerprint density at radius 3 is 3.13 bits per heavy atom. The molecule has 0 aliphatic heterocycles. The van der Waals surface area contributed by atoms with E-state index in [0.717, 1.165) is 17.5 Å². The van der Waals surface area contributed by atoms with Gasteiger partial charge < -0.3 is 14.8 Å². The van der Waals surface area contributed by atoms with Crippen molar-refractivity contribution in [3.8, 4) is 5.75 Å². The Bertz CT molecular complexity index is 333. The van der Waals surface area contributed by atoms with Gasteiger partial charge in [-0.2, -0.15) is 0 Å². The van der Waals surface area contributed by atoms with Crippen molar-refractivity contribution in [2.45, 2.75) is 6.92 Å². The van der Waals surface area contributed by atoms with Gasteiger partial charge in [0, 0.05) is 11.6 Å². The molecule has 0 amide bonds. The highest BCUT2D eigenvalue weighted by Crippen LogP contribution is 2.22. The molecule has 3 nitrogen and oxygen atoms in total. The average molecular weight is 225 g/mol. The van der Waals surface area contributed by atoms with Crippen molar-refractivity contribution in [2.75, 3.05) is 13.2 Å². The normalized spacial score (nSPS) is 9.73. The lowest BCUT2D eigenvalue weighted by molar-refractivity contribution is 0.321. The number of halogens is 1. The zero-order valence-corrected chi connectivity index (χ0v) is 9.38. The minimum absolute atomic E-state index is 0.359. The van der Waals surface area contributed by atoms with Crippen molar-refractivity contribution in [3.05, 3.63) is 28.8 Å². The van der Waals surface area contributed by atoms with Gasteiger partial charge in [0.05, 0.1) is 12.8 Å². The van der Waals surface area contributed by atoms with Crippen molar-refractivity contribution in [1.29, 1.82) is 0 Å². The first-order chi connectivity index (χ1) is 7.24. The fourth-order valence-electron chi connectivity index (χ4n) is 1.12. The number of ether oxygens (including phenoxy) is 1. The van der Waals surface area contributed by atoms with E-state index < -0.39 is 0 Å². The van der Waals surface area contributed by atoms with Crippen LogP contribution in [0.1, 0.15) is 5.56 Å². The SMILES string of the molecule is Cc1ccc(Cl)cc1OCCNBC=O. The van der Waals surface area contributed by atoms with Crippen molar-refractivity contribution >= 4 is 25.2 Å². The molecule has 0 aromatic heterocycles. The predicted molar refractivity (Wildman–Crippen MR) is 63.6 cm³/mol. The molecule has 1 N–H and O–H groups in total. The molecule has 80 valence electrons. The maximum atomic E-state index is 10.0. The smallest absolute Gasteiger partial charge is 0.278 e. The van der Waals surface area contributed by atoms with Crippen molar-refractivity contribution < 1.29 is 9.53 Å². The molecule has 0 unspecified atom stereocenters. The Balaban J connectivity index is 2.36. The van der Waals surface area contributed by atoms with Crippen LogP contribution in [0.3, 0.4) is 0 Å². The molecule has 1 aromatic rings. The molecule has 0 radical (unpaired) electrons. The molecule has 0 aliphatic carbocycles. The third-order valence-corrected chi connectivity index (χ3v) is 2.15. The van der Waals surface area contributed by atoms with Crippen LogP contribution >= 0.6 is 11.6 Å². The monoisotopic (exact) mass is 225 g/mol. The second-order valence-corrected chi connectivity index (χ2v) is 3.57. The van der Waals surface area contributed by atoms with Crippen LogP contribution < -0.4 is 9.96 Å². The summed E-state index contributed by atoms with van der Waals surface area (Å²) in [5, 5.41) is 3.58. The third kappa shape index (κ3) is 4.36. The van der Waals surface area contributed by atoms with E-state index in [-0.39, 0.29) is 0 Å². The fraction of sp³-hybridized carbons (Fsp3) is 0.300. The first-order valence-electron chi connectivity index (χ1n) is 4.77. The van der Waals surface area contributed by atoms with E-state index in [2.05, 4.69) is 5.23 Å². The van der Waals surface area contributed by atoms with E-state index in [9.17, 15) is 4.79 Å². The zero-order chi connectivity index (χ0) is 11.1. The van der Waals surface area contributed by atoms with Crippen LogP contribution in [0, 0.1) is 6.92 Å². The number of rotatable bonds is 6. The first kappa shape index (κ1) is 12.1. The Morgan fingerprint density at radius 1 is 1.60 bits per heavy atom. The Labute approximate surface area is 95.0 Å². The zero-order valence-electron chi connectivity index (χ0n) is 8.63. The van der Waals surface area contributed by atoms with Crippen molar-refractivity contribution in [3.63, 3.8) is 0 Å². The van der Waals surface area contributed by atoms with Gasteiger partial charge in [0.1, 0.15) is 5.75 Å². The Morgan fingerprint density at radius 2 is 2.40 bits per heavy atom. The number of aryl methyl sites for hydroxylation is 1. The summed E-state index contributed by atoms with van der Waals surface area (Å²) in [6, 6.07) is 5.53. The number of nitrogens with one attached hydrogen (secondary N) is 1. The van der Waals surface area contributed by atoms with Crippen LogP contribution in [-0.4, -0.2) is 26.8 Å². The molecule has 15 heavy (non-hydrogen) atoms. The summed E-state index contributed by atoms with van der Waals surface area (Å²) in [6.07, 6.45) is 0.824. The third-order valence-electron chi connectivity index (χ3n) is 1.91. The van der Waals surface area contributed by atoms with Crippen LogP contribution in [0.5, 0.6) is 5.75 Å². The van der Waals surface area contributed by atoms with Crippen molar-refractivity contribution in [2.24, 2.45) is 0 Å². The maximum absolute atomic E-state index is 10.0. The summed E-state index contributed by atoms with van der Waals surface area (Å²) < 4.78 is 5.50. The van der Waals surface area contributed by atoms with Gasteiger partial charge in [0.15, 0.2) is 0 Å². The second kappa shape index (κ2) is 6.48. The minimum Gasteiger partial charge on any atom is -0.492 e. The van der Waals surface area contributed by atoms with Crippen LogP contribution in [0.15, 0.2) is 18.2 Å². The molecular weight excluding hydrogens is 212 g/mol. The number of carbonyl (C=O) groups excluding carboxylic acids is 1. The van der Waals surface area contributed by atoms with E-state index in [1.807, 2.05) is 19.1 Å². The molecule has 0 saturated heterocycles. The molecule has 0 bridgehead atoms. The van der Waals surface area contributed by atoms with Gasteiger partial charge in [-0.3, -0.25) is 0 Å². The summed E-state index contributed by atoms with van der Waals surface area (Å²) >= 11 is 5.84. The van der Waals surface area contributed by atoms with E-state index in [0.29, 0.717) is 25.6 Å². The maximum Gasteiger partial charge on any atom is 0.278 e. The van der Waals surface area contributed by atoms with Gasteiger partial charge in [0.25, 0.3) is 7.41 Å². The lowest BCUT2D eigenvalue weighted by Crippen LogP contribution is -2.25. The molecule has 0 fully saturated rings. The molecule has 0 aliphatic rings. The summed E-state index contributed by atoms with van der Waals surface area (Å²) in [4.78, 5) is 10.0. The van der Waals surface area contributed by atoms with Gasteiger partial charge >= 0.3 is 0 Å². The van der Waals surface area contributed by atoms with Crippen molar-refractivity contribution in [1.82, 2.24) is 5.23 Å². The molecule has 0 heterocycles. The first-order valence-corrected chi connectivity index (χ1v) is 5.15. The Hall–Kier alpha value is -0.995. The van der Waals surface area contributed by atoms with Crippen LogP contribution in [0.4, 0.5) is 0 Å². The predicted octanol–water partition coefficient (Wildman–Crippen LogP) is 1.16. The number of hydrogen-bond acceptors (Lipinski definition) is 3. The van der Waals surface area contributed by atoms with Gasteiger partial charge in [-0.05, 0) is 24.6 Å². The van der Waals surface area contributed by atoms with Gasteiger partial charge in [-0.1, -0.05) is 17.7 Å². The lowest BCUT2D eigenvalue weighted by Gasteiger charge is -2.09. The quantitative estimate of drug-likeness (QED) is 0.449. The summed E-state index contributed by atoms with van der Waals surface area (Å²) in [5.74, 6) is 0.787. The summed E-state index contributed by atoms with van der Waals surface area (Å²) in [5.41, 5.74) is 1.05. The van der Waals surface area contributed by atoms with Gasteiger partial charge in [-0.15, -0.1) is 0 Å². The number of carbonyl (C=O) groups is 1. The highest BCUT2D eigenvalue weighted by Gasteiger charge is 1.99. The number of hydrogen-bond donors (Lipinski definition) is 1. The molecule has 0 spiro atoms. The van der Waals surface area contributed by atoms with Crippen LogP contribution in [0.2, 0.25) is 5.02 Å². The van der Waals surface area contributed by atoms with Crippen LogP contribution in [0.25, 0.3) is 0 Å². The largest absolute Gasteiger partial charge is 0.492 e. The second-order valence-electron chi connectivity index (χ2n) is 3.13.